The smallest absolute Gasteiger partial charge is 0.321 e. The molecular weight excluding hydrogens is 242 g/mol. The molecule has 0 aliphatic rings. The van der Waals surface area contributed by atoms with Gasteiger partial charge in [-0.05, 0) is 25.8 Å². The Bertz CT molecular complexity index is 420. The molecule has 1 aromatic carbocycles. The van der Waals surface area contributed by atoms with Crippen LogP contribution in [-0.2, 0) is 11.2 Å². The molecule has 2 atom stereocenters. The molecule has 19 heavy (non-hydrogen) atoms. The van der Waals surface area contributed by atoms with Gasteiger partial charge in [0.15, 0.2) is 0 Å². The molecule has 0 fully saturated rings. The van der Waals surface area contributed by atoms with E-state index in [1.807, 2.05) is 37.3 Å². The van der Waals surface area contributed by atoms with Gasteiger partial charge in [-0.15, -0.1) is 0 Å². The first-order chi connectivity index (χ1) is 9.02. The molecule has 3 N–H and O–H groups in total. The highest BCUT2D eigenvalue weighted by atomic mass is 16.2. The van der Waals surface area contributed by atoms with Crippen molar-refractivity contribution >= 4 is 11.9 Å². The van der Waals surface area contributed by atoms with Crippen molar-refractivity contribution in [3.63, 3.8) is 0 Å². The quantitative estimate of drug-likeness (QED) is 0.743. The number of amides is 3. The van der Waals surface area contributed by atoms with Crippen LogP contribution in [0.2, 0.25) is 0 Å². The van der Waals surface area contributed by atoms with Gasteiger partial charge >= 0.3 is 6.03 Å². The zero-order valence-corrected chi connectivity index (χ0v) is 11.6. The Balaban J connectivity index is 2.41. The van der Waals surface area contributed by atoms with Crippen molar-refractivity contribution in [1.29, 1.82) is 0 Å². The Morgan fingerprint density at radius 1 is 1.16 bits per heavy atom. The topological polar surface area (TPSA) is 70.2 Å². The van der Waals surface area contributed by atoms with Crippen LogP contribution in [0.5, 0.6) is 0 Å². The van der Waals surface area contributed by atoms with Crippen molar-refractivity contribution < 1.29 is 9.59 Å². The van der Waals surface area contributed by atoms with Gasteiger partial charge in [-0.2, -0.15) is 0 Å². The van der Waals surface area contributed by atoms with E-state index in [1.165, 1.54) is 12.6 Å². The van der Waals surface area contributed by atoms with E-state index in [-0.39, 0.29) is 11.9 Å². The van der Waals surface area contributed by atoms with E-state index in [0.717, 1.165) is 6.42 Å². The van der Waals surface area contributed by atoms with Gasteiger partial charge < -0.3 is 10.6 Å². The second kappa shape index (κ2) is 7.53. The molecule has 3 amide bonds. The molecule has 5 heteroatoms. The van der Waals surface area contributed by atoms with Gasteiger partial charge in [0.1, 0.15) is 0 Å². The van der Waals surface area contributed by atoms with Crippen LogP contribution in [-0.4, -0.2) is 31.1 Å². The molecule has 0 bridgehead atoms. The molecule has 104 valence electrons. The number of carbonyl (C=O) groups is 2. The normalized spacial score (nSPS) is 13.4. The molecule has 0 saturated carbocycles. The number of hydrogen-bond acceptors (Lipinski definition) is 3. The average Bonchev–Trinajstić information content (AvgIpc) is 2.39. The summed E-state index contributed by atoms with van der Waals surface area (Å²) in [6.45, 7) is 3.75. The van der Waals surface area contributed by atoms with Crippen LogP contribution < -0.4 is 16.0 Å². The number of imide groups is 1. The Kier molecular flexibility index (Phi) is 6.02. The number of carbonyl (C=O) groups excluding carboxylic acids is 2. The predicted octanol–water partition coefficient (Wildman–Crippen LogP) is 1.05. The molecule has 0 spiro atoms. The largest absolute Gasteiger partial charge is 0.341 e. The SMILES string of the molecule is CNC(=O)NC(=O)C(C)NC(C)Cc1ccccc1. The highest BCUT2D eigenvalue weighted by Gasteiger charge is 2.17. The summed E-state index contributed by atoms with van der Waals surface area (Å²) >= 11 is 0. The monoisotopic (exact) mass is 263 g/mol. The van der Waals surface area contributed by atoms with E-state index < -0.39 is 12.1 Å². The maximum Gasteiger partial charge on any atom is 0.321 e. The Labute approximate surface area is 113 Å². The van der Waals surface area contributed by atoms with Gasteiger partial charge in [0.05, 0.1) is 6.04 Å². The minimum Gasteiger partial charge on any atom is -0.341 e. The summed E-state index contributed by atoms with van der Waals surface area (Å²) < 4.78 is 0. The standard InChI is InChI=1S/C14H21N3O2/c1-10(9-12-7-5-4-6-8-12)16-11(2)13(18)17-14(19)15-3/h4-8,10-11,16H,9H2,1-3H3,(H2,15,17,18,19). The van der Waals surface area contributed by atoms with E-state index in [4.69, 9.17) is 0 Å². The zero-order valence-electron chi connectivity index (χ0n) is 11.6. The molecule has 1 aromatic rings. The van der Waals surface area contributed by atoms with Gasteiger partial charge in [0.25, 0.3) is 0 Å². The van der Waals surface area contributed by atoms with Gasteiger partial charge in [0, 0.05) is 13.1 Å². The Hall–Kier alpha value is -1.88. The highest BCUT2D eigenvalue weighted by Crippen LogP contribution is 2.03. The summed E-state index contributed by atoms with van der Waals surface area (Å²) in [6.07, 6.45) is 0.832. The predicted molar refractivity (Wildman–Crippen MR) is 74.8 cm³/mol. The second-order valence-corrected chi connectivity index (χ2v) is 4.55. The summed E-state index contributed by atoms with van der Waals surface area (Å²) in [6, 6.07) is 9.29. The lowest BCUT2D eigenvalue weighted by molar-refractivity contribution is -0.121. The fourth-order valence-corrected chi connectivity index (χ4v) is 1.81. The van der Waals surface area contributed by atoms with Crippen LogP contribution in [0.15, 0.2) is 30.3 Å². The van der Waals surface area contributed by atoms with E-state index in [9.17, 15) is 9.59 Å². The number of urea groups is 1. The summed E-state index contributed by atoms with van der Waals surface area (Å²) in [5, 5.41) is 7.76. The minimum atomic E-state index is -0.491. The maximum absolute atomic E-state index is 11.7. The van der Waals surface area contributed by atoms with Crippen LogP contribution in [0.3, 0.4) is 0 Å². The van der Waals surface area contributed by atoms with Gasteiger partial charge in [-0.25, -0.2) is 4.79 Å². The molecule has 0 heterocycles. The molecular formula is C14H21N3O2. The molecule has 5 nitrogen and oxygen atoms in total. The third kappa shape index (κ3) is 5.52. The Morgan fingerprint density at radius 3 is 2.37 bits per heavy atom. The molecule has 0 radical (unpaired) electrons. The molecule has 0 saturated heterocycles. The fraction of sp³-hybridized carbons (Fsp3) is 0.429. The van der Waals surface area contributed by atoms with Crippen molar-refractivity contribution in [3.8, 4) is 0 Å². The molecule has 0 aliphatic carbocycles. The lowest BCUT2D eigenvalue weighted by atomic mass is 10.1. The van der Waals surface area contributed by atoms with Crippen molar-refractivity contribution in [2.24, 2.45) is 0 Å². The second-order valence-electron chi connectivity index (χ2n) is 4.55. The van der Waals surface area contributed by atoms with Crippen LogP contribution in [0.25, 0.3) is 0 Å². The number of rotatable bonds is 5. The van der Waals surface area contributed by atoms with E-state index in [0.29, 0.717) is 0 Å². The van der Waals surface area contributed by atoms with Crippen molar-refractivity contribution in [2.45, 2.75) is 32.4 Å². The maximum atomic E-state index is 11.7. The summed E-state index contributed by atoms with van der Waals surface area (Å²) in [7, 11) is 1.47. The number of hydrogen-bond donors (Lipinski definition) is 3. The Morgan fingerprint density at radius 2 is 1.79 bits per heavy atom. The van der Waals surface area contributed by atoms with E-state index >= 15 is 0 Å². The average molecular weight is 263 g/mol. The molecule has 2 unspecified atom stereocenters. The van der Waals surface area contributed by atoms with Gasteiger partial charge in [0.2, 0.25) is 5.91 Å². The fourth-order valence-electron chi connectivity index (χ4n) is 1.81. The van der Waals surface area contributed by atoms with Crippen molar-refractivity contribution in [3.05, 3.63) is 35.9 Å². The van der Waals surface area contributed by atoms with Crippen molar-refractivity contribution in [2.75, 3.05) is 7.05 Å². The van der Waals surface area contributed by atoms with Gasteiger partial charge in [-0.3, -0.25) is 10.1 Å². The van der Waals surface area contributed by atoms with Crippen LogP contribution in [0.4, 0.5) is 4.79 Å². The van der Waals surface area contributed by atoms with Crippen LogP contribution in [0.1, 0.15) is 19.4 Å². The first kappa shape index (κ1) is 15.2. The third-order valence-electron chi connectivity index (χ3n) is 2.78. The lowest BCUT2D eigenvalue weighted by Gasteiger charge is -2.19. The molecule has 0 aliphatic heterocycles. The first-order valence-electron chi connectivity index (χ1n) is 6.35. The summed E-state index contributed by atoms with van der Waals surface area (Å²) in [5.74, 6) is -0.334. The minimum absolute atomic E-state index is 0.146. The molecule has 1 rings (SSSR count). The van der Waals surface area contributed by atoms with Gasteiger partial charge in [-0.1, -0.05) is 30.3 Å². The number of nitrogens with one attached hydrogen (secondary N) is 3. The van der Waals surface area contributed by atoms with Crippen LogP contribution in [0, 0.1) is 0 Å². The third-order valence-corrected chi connectivity index (χ3v) is 2.78. The summed E-state index contributed by atoms with van der Waals surface area (Å²) in [4.78, 5) is 22.7. The highest BCUT2D eigenvalue weighted by molar-refractivity contribution is 5.96. The van der Waals surface area contributed by atoms with E-state index in [1.54, 1.807) is 6.92 Å². The van der Waals surface area contributed by atoms with Crippen LogP contribution >= 0.6 is 0 Å². The van der Waals surface area contributed by atoms with Crippen molar-refractivity contribution in [1.82, 2.24) is 16.0 Å². The van der Waals surface area contributed by atoms with E-state index in [2.05, 4.69) is 16.0 Å². The zero-order chi connectivity index (χ0) is 14.3. The first-order valence-corrected chi connectivity index (χ1v) is 6.35. The number of benzene rings is 1. The lowest BCUT2D eigenvalue weighted by Crippen LogP contribution is -2.49. The summed E-state index contributed by atoms with van der Waals surface area (Å²) in [5.41, 5.74) is 1.21. The molecule has 0 aromatic heterocycles.